The van der Waals surface area contributed by atoms with Crippen molar-refractivity contribution in [2.75, 3.05) is 13.7 Å². The summed E-state index contributed by atoms with van der Waals surface area (Å²) in [5, 5.41) is 2.96. The highest BCUT2D eigenvalue weighted by Gasteiger charge is 2.21. The SMILES string of the molecule is CC[C@H](Oc1ccc(C)cc1C)C(=O)N[C@@H](C)COc1ccc(OC)cc1. The molecule has 0 unspecified atom stereocenters. The van der Waals surface area contributed by atoms with Gasteiger partial charge >= 0.3 is 0 Å². The smallest absolute Gasteiger partial charge is 0.261 e. The Kier molecular flexibility index (Phi) is 7.53. The second-order valence-corrected chi connectivity index (χ2v) is 6.68. The van der Waals surface area contributed by atoms with Crippen LogP contribution in [0.4, 0.5) is 0 Å². The molecule has 0 aromatic heterocycles. The van der Waals surface area contributed by atoms with Crippen molar-refractivity contribution < 1.29 is 19.0 Å². The van der Waals surface area contributed by atoms with E-state index in [4.69, 9.17) is 14.2 Å². The lowest BCUT2D eigenvalue weighted by Crippen LogP contribution is -2.44. The molecule has 2 rings (SSSR count). The standard InChI is InChI=1S/C22H29NO4/c1-6-20(27-21-12-7-15(2)13-16(21)3)22(24)23-17(4)14-26-19-10-8-18(25-5)9-11-19/h7-13,17,20H,6,14H2,1-5H3,(H,23,24)/t17-,20-/m0/s1. The van der Waals surface area contributed by atoms with Gasteiger partial charge in [-0.15, -0.1) is 0 Å². The number of methoxy groups -OCH3 is 1. The summed E-state index contributed by atoms with van der Waals surface area (Å²) in [5.41, 5.74) is 2.19. The van der Waals surface area contributed by atoms with Crippen LogP contribution in [0.5, 0.6) is 17.2 Å². The quantitative estimate of drug-likeness (QED) is 0.722. The van der Waals surface area contributed by atoms with Crippen molar-refractivity contribution in [3.05, 3.63) is 53.6 Å². The second kappa shape index (κ2) is 9.86. The van der Waals surface area contributed by atoms with Gasteiger partial charge in [-0.2, -0.15) is 0 Å². The number of aryl methyl sites for hydroxylation is 2. The maximum atomic E-state index is 12.6. The Morgan fingerprint density at radius 3 is 2.33 bits per heavy atom. The highest BCUT2D eigenvalue weighted by Crippen LogP contribution is 2.21. The van der Waals surface area contributed by atoms with Crippen LogP contribution in [-0.2, 0) is 4.79 Å². The van der Waals surface area contributed by atoms with Gasteiger partial charge in [0.05, 0.1) is 13.2 Å². The molecule has 0 aliphatic heterocycles. The van der Waals surface area contributed by atoms with Crippen LogP contribution in [-0.4, -0.2) is 31.8 Å². The molecule has 0 bridgehead atoms. The Labute approximate surface area is 161 Å². The molecular formula is C22H29NO4. The number of nitrogens with one attached hydrogen (secondary N) is 1. The topological polar surface area (TPSA) is 56.8 Å². The lowest BCUT2D eigenvalue weighted by Gasteiger charge is -2.21. The van der Waals surface area contributed by atoms with E-state index in [9.17, 15) is 4.79 Å². The number of hydrogen-bond donors (Lipinski definition) is 1. The summed E-state index contributed by atoms with van der Waals surface area (Å²) < 4.78 is 16.8. The van der Waals surface area contributed by atoms with Gasteiger partial charge in [0, 0.05) is 0 Å². The molecule has 27 heavy (non-hydrogen) atoms. The zero-order valence-corrected chi connectivity index (χ0v) is 16.7. The molecule has 2 aromatic carbocycles. The normalized spacial score (nSPS) is 12.8. The summed E-state index contributed by atoms with van der Waals surface area (Å²) in [6.45, 7) is 8.24. The van der Waals surface area contributed by atoms with Crippen LogP contribution in [0, 0.1) is 13.8 Å². The number of benzene rings is 2. The van der Waals surface area contributed by atoms with E-state index in [1.165, 1.54) is 5.56 Å². The van der Waals surface area contributed by atoms with Gasteiger partial charge in [-0.3, -0.25) is 4.79 Å². The van der Waals surface area contributed by atoms with Crippen LogP contribution < -0.4 is 19.5 Å². The summed E-state index contributed by atoms with van der Waals surface area (Å²) in [6.07, 6.45) is 0.0559. The number of carbonyl (C=O) groups excluding carboxylic acids is 1. The van der Waals surface area contributed by atoms with Gasteiger partial charge in [0.1, 0.15) is 23.9 Å². The van der Waals surface area contributed by atoms with Gasteiger partial charge in [-0.25, -0.2) is 0 Å². The predicted octanol–water partition coefficient (Wildman–Crippen LogP) is 4.05. The summed E-state index contributed by atoms with van der Waals surface area (Å²) in [5.74, 6) is 2.11. The Hall–Kier alpha value is -2.69. The average molecular weight is 371 g/mol. The number of hydrogen-bond acceptors (Lipinski definition) is 4. The number of rotatable bonds is 9. The van der Waals surface area contributed by atoms with Crippen molar-refractivity contribution in [3.63, 3.8) is 0 Å². The molecule has 2 atom stereocenters. The Morgan fingerprint density at radius 2 is 1.74 bits per heavy atom. The number of ether oxygens (including phenoxy) is 3. The lowest BCUT2D eigenvalue weighted by atomic mass is 10.1. The van der Waals surface area contributed by atoms with Crippen LogP contribution >= 0.6 is 0 Å². The first-order chi connectivity index (χ1) is 12.9. The zero-order valence-electron chi connectivity index (χ0n) is 16.7. The van der Waals surface area contributed by atoms with E-state index < -0.39 is 6.10 Å². The molecule has 0 fully saturated rings. The molecule has 0 spiro atoms. The average Bonchev–Trinajstić information content (AvgIpc) is 2.66. The molecule has 146 valence electrons. The van der Waals surface area contributed by atoms with Gasteiger partial charge in [0.15, 0.2) is 6.10 Å². The molecule has 0 aliphatic rings. The first-order valence-electron chi connectivity index (χ1n) is 9.24. The fourth-order valence-corrected chi connectivity index (χ4v) is 2.68. The molecule has 5 heteroatoms. The van der Waals surface area contributed by atoms with Gasteiger partial charge < -0.3 is 19.5 Å². The first-order valence-corrected chi connectivity index (χ1v) is 9.24. The Balaban J connectivity index is 1.86. The van der Waals surface area contributed by atoms with Crippen LogP contribution in [0.15, 0.2) is 42.5 Å². The van der Waals surface area contributed by atoms with Crippen molar-refractivity contribution in [1.82, 2.24) is 5.32 Å². The van der Waals surface area contributed by atoms with Crippen LogP contribution in [0.25, 0.3) is 0 Å². The number of amides is 1. The molecule has 5 nitrogen and oxygen atoms in total. The van der Waals surface area contributed by atoms with Gasteiger partial charge in [0.2, 0.25) is 0 Å². The second-order valence-electron chi connectivity index (χ2n) is 6.68. The third-order valence-corrected chi connectivity index (χ3v) is 4.21. The molecule has 1 amide bonds. The van der Waals surface area contributed by atoms with Gasteiger partial charge in [-0.1, -0.05) is 24.6 Å². The molecule has 1 N–H and O–H groups in total. The summed E-state index contributed by atoms with van der Waals surface area (Å²) in [4.78, 5) is 12.6. The van der Waals surface area contributed by atoms with Crippen LogP contribution in [0.3, 0.4) is 0 Å². The van der Waals surface area contributed by atoms with Gasteiger partial charge in [0.25, 0.3) is 5.91 Å². The molecule has 2 aromatic rings. The van der Waals surface area contributed by atoms with Crippen molar-refractivity contribution in [2.24, 2.45) is 0 Å². The summed E-state index contributed by atoms with van der Waals surface area (Å²) in [7, 11) is 1.62. The maximum absolute atomic E-state index is 12.6. The van der Waals surface area contributed by atoms with Crippen LogP contribution in [0.2, 0.25) is 0 Å². The Morgan fingerprint density at radius 1 is 1.07 bits per heavy atom. The monoisotopic (exact) mass is 371 g/mol. The van der Waals surface area contributed by atoms with Crippen molar-refractivity contribution in [2.45, 2.75) is 46.3 Å². The van der Waals surface area contributed by atoms with E-state index in [-0.39, 0.29) is 11.9 Å². The summed E-state index contributed by atoms with van der Waals surface area (Å²) >= 11 is 0. The summed E-state index contributed by atoms with van der Waals surface area (Å²) in [6, 6.07) is 13.2. The van der Waals surface area contributed by atoms with Crippen LogP contribution in [0.1, 0.15) is 31.4 Å². The molecular weight excluding hydrogens is 342 g/mol. The first kappa shape index (κ1) is 20.6. The van der Waals surface area contributed by atoms with E-state index in [0.29, 0.717) is 13.0 Å². The van der Waals surface area contributed by atoms with E-state index in [2.05, 4.69) is 5.32 Å². The highest BCUT2D eigenvalue weighted by atomic mass is 16.5. The van der Waals surface area contributed by atoms with E-state index in [1.54, 1.807) is 7.11 Å². The fourth-order valence-electron chi connectivity index (χ4n) is 2.68. The van der Waals surface area contributed by atoms with E-state index >= 15 is 0 Å². The Bertz CT molecular complexity index is 742. The highest BCUT2D eigenvalue weighted by molar-refractivity contribution is 5.81. The fraction of sp³-hybridized carbons (Fsp3) is 0.409. The van der Waals surface area contributed by atoms with Crippen molar-refractivity contribution in [1.29, 1.82) is 0 Å². The minimum atomic E-state index is -0.533. The minimum Gasteiger partial charge on any atom is -0.497 e. The third-order valence-electron chi connectivity index (χ3n) is 4.21. The molecule has 0 saturated carbocycles. The van der Waals surface area contributed by atoms with E-state index in [1.807, 2.05) is 70.2 Å². The van der Waals surface area contributed by atoms with Gasteiger partial charge in [-0.05, 0) is 63.1 Å². The molecule has 0 saturated heterocycles. The largest absolute Gasteiger partial charge is 0.497 e. The zero-order chi connectivity index (χ0) is 19.8. The van der Waals surface area contributed by atoms with E-state index in [0.717, 1.165) is 22.8 Å². The number of carbonyl (C=O) groups is 1. The maximum Gasteiger partial charge on any atom is 0.261 e. The van der Waals surface area contributed by atoms with Crippen molar-refractivity contribution in [3.8, 4) is 17.2 Å². The molecule has 0 heterocycles. The van der Waals surface area contributed by atoms with Crippen molar-refractivity contribution >= 4 is 5.91 Å². The predicted molar refractivity (Wildman–Crippen MR) is 107 cm³/mol. The molecule has 0 radical (unpaired) electrons. The lowest BCUT2D eigenvalue weighted by molar-refractivity contribution is -0.129. The molecule has 0 aliphatic carbocycles. The third kappa shape index (κ3) is 6.20. The minimum absolute atomic E-state index is 0.136.